The van der Waals surface area contributed by atoms with Gasteiger partial charge in [0.2, 0.25) is 5.91 Å². The van der Waals surface area contributed by atoms with Gasteiger partial charge in [0, 0.05) is 38.0 Å². The number of amides is 1. The molecule has 0 aromatic heterocycles. The molecule has 0 aromatic rings. The fourth-order valence-electron chi connectivity index (χ4n) is 4.63. The smallest absolute Gasteiger partial charge is 0.243 e. The zero-order chi connectivity index (χ0) is 16.5. The number of rotatable bonds is 2. The van der Waals surface area contributed by atoms with Gasteiger partial charge in [-0.25, -0.2) is 0 Å². The zero-order valence-corrected chi connectivity index (χ0v) is 15.0. The molecule has 4 rings (SSSR count). The lowest BCUT2D eigenvalue weighted by Gasteiger charge is -2.46. The standard InChI is InChI=1S/C17H27N5OS/c18-12-20-6-7-21-8-9-22(16(23)14(21)11-20)17-19-10-15(24-17)13-4-2-1-3-5-13/h13-15,17,19H,1-11H2/t14-,15?,17?/m1/s1. The first-order valence-corrected chi connectivity index (χ1v) is 10.3. The maximum Gasteiger partial charge on any atom is 0.243 e. The van der Waals surface area contributed by atoms with Crippen LogP contribution in [0, 0.1) is 17.4 Å². The van der Waals surface area contributed by atoms with Crippen LogP contribution < -0.4 is 5.32 Å². The van der Waals surface area contributed by atoms with Crippen LogP contribution in [0.4, 0.5) is 0 Å². The molecule has 0 aromatic carbocycles. The van der Waals surface area contributed by atoms with E-state index >= 15 is 0 Å². The summed E-state index contributed by atoms with van der Waals surface area (Å²) >= 11 is 1.97. The fourth-order valence-corrected chi connectivity index (χ4v) is 6.20. The average molecular weight is 350 g/mol. The van der Waals surface area contributed by atoms with Crippen LogP contribution in [0.25, 0.3) is 0 Å². The van der Waals surface area contributed by atoms with Gasteiger partial charge in [0.25, 0.3) is 0 Å². The Morgan fingerprint density at radius 2 is 1.92 bits per heavy atom. The van der Waals surface area contributed by atoms with E-state index in [4.69, 9.17) is 5.26 Å². The van der Waals surface area contributed by atoms with Crippen LogP contribution in [-0.4, -0.2) is 76.7 Å². The summed E-state index contributed by atoms with van der Waals surface area (Å²) in [5.74, 6) is 1.02. The quantitative estimate of drug-likeness (QED) is 0.746. The van der Waals surface area contributed by atoms with E-state index in [0.29, 0.717) is 11.8 Å². The molecule has 0 bridgehead atoms. The molecule has 4 fully saturated rings. The minimum absolute atomic E-state index is 0.129. The minimum Gasteiger partial charge on any atom is -0.315 e. The Morgan fingerprint density at radius 1 is 1.12 bits per heavy atom. The molecule has 1 amide bonds. The largest absolute Gasteiger partial charge is 0.315 e. The SMILES string of the molecule is N#CN1CCN2CCN(C3NCC(C4CCCCC4)S3)C(=O)[C@H]2C1. The predicted molar refractivity (Wildman–Crippen MR) is 94.0 cm³/mol. The number of carbonyl (C=O) groups excluding carboxylic acids is 1. The third-order valence-corrected chi connectivity index (χ3v) is 7.67. The van der Waals surface area contributed by atoms with Gasteiger partial charge in [0.1, 0.15) is 11.5 Å². The first kappa shape index (κ1) is 16.5. The molecule has 0 radical (unpaired) electrons. The molecule has 0 spiro atoms. The summed E-state index contributed by atoms with van der Waals surface area (Å²) in [4.78, 5) is 19.0. The second-order valence-electron chi connectivity index (χ2n) is 7.46. The number of hydrogen-bond donors (Lipinski definition) is 1. The van der Waals surface area contributed by atoms with Gasteiger partial charge in [-0.15, -0.1) is 11.8 Å². The van der Waals surface area contributed by atoms with Crippen LogP contribution in [0.15, 0.2) is 0 Å². The maximum absolute atomic E-state index is 13.0. The lowest BCUT2D eigenvalue weighted by atomic mass is 9.87. The third-order valence-electron chi connectivity index (χ3n) is 6.08. The van der Waals surface area contributed by atoms with Crippen LogP contribution in [0.3, 0.4) is 0 Å². The van der Waals surface area contributed by atoms with Gasteiger partial charge >= 0.3 is 0 Å². The summed E-state index contributed by atoms with van der Waals surface area (Å²) in [7, 11) is 0. The molecule has 6 nitrogen and oxygen atoms in total. The highest BCUT2D eigenvalue weighted by Crippen LogP contribution is 2.38. The highest BCUT2D eigenvalue weighted by molar-refractivity contribution is 8.00. The number of fused-ring (bicyclic) bond motifs is 1. The Kier molecular flexibility index (Phi) is 4.88. The zero-order valence-electron chi connectivity index (χ0n) is 14.2. The molecule has 24 heavy (non-hydrogen) atoms. The normalized spacial score (nSPS) is 35.8. The molecular formula is C17H27N5OS. The summed E-state index contributed by atoms with van der Waals surface area (Å²) in [5.41, 5.74) is 0.129. The molecule has 3 aliphatic heterocycles. The van der Waals surface area contributed by atoms with Crippen molar-refractivity contribution in [2.24, 2.45) is 5.92 Å². The molecule has 1 N–H and O–H groups in total. The van der Waals surface area contributed by atoms with E-state index in [1.54, 1.807) is 4.90 Å². The van der Waals surface area contributed by atoms with E-state index in [1.165, 1.54) is 32.1 Å². The minimum atomic E-state index is -0.136. The molecular weight excluding hydrogens is 322 g/mol. The molecule has 132 valence electrons. The van der Waals surface area contributed by atoms with Crippen LogP contribution in [0.2, 0.25) is 0 Å². The number of nitrogens with one attached hydrogen (secondary N) is 1. The van der Waals surface area contributed by atoms with E-state index < -0.39 is 0 Å². The average Bonchev–Trinajstić information content (AvgIpc) is 3.12. The van der Waals surface area contributed by atoms with Gasteiger partial charge in [0.15, 0.2) is 6.19 Å². The van der Waals surface area contributed by atoms with Crippen LogP contribution in [0.1, 0.15) is 32.1 Å². The summed E-state index contributed by atoms with van der Waals surface area (Å²) in [6.07, 6.45) is 9.05. The Balaban J connectivity index is 1.38. The van der Waals surface area contributed by atoms with Crippen molar-refractivity contribution in [1.82, 2.24) is 20.0 Å². The first-order chi connectivity index (χ1) is 11.8. The lowest BCUT2D eigenvalue weighted by Crippen LogP contribution is -2.66. The van der Waals surface area contributed by atoms with Crippen molar-refractivity contribution in [3.63, 3.8) is 0 Å². The number of carbonyl (C=O) groups is 1. The number of piperazine rings is 2. The molecule has 3 atom stereocenters. The number of nitrogens with zero attached hydrogens (tertiary/aromatic N) is 4. The van der Waals surface area contributed by atoms with E-state index in [1.807, 2.05) is 16.7 Å². The fraction of sp³-hybridized carbons (Fsp3) is 0.882. The van der Waals surface area contributed by atoms with Gasteiger partial charge < -0.3 is 9.80 Å². The summed E-state index contributed by atoms with van der Waals surface area (Å²) < 4.78 is 0. The monoisotopic (exact) mass is 349 g/mol. The van der Waals surface area contributed by atoms with Crippen molar-refractivity contribution < 1.29 is 4.79 Å². The van der Waals surface area contributed by atoms with E-state index in [0.717, 1.165) is 38.6 Å². The second-order valence-corrected chi connectivity index (χ2v) is 8.79. The predicted octanol–water partition coefficient (Wildman–Crippen LogP) is 0.865. The van der Waals surface area contributed by atoms with Crippen molar-refractivity contribution >= 4 is 17.7 Å². The number of nitriles is 1. The molecule has 7 heteroatoms. The van der Waals surface area contributed by atoms with Gasteiger partial charge in [-0.3, -0.25) is 15.0 Å². The van der Waals surface area contributed by atoms with Gasteiger partial charge in [0.05, 0.1) is 6.54 Å². The highest BCUT2D eigenvalue weighted by atomic mass is 32.2. The molecule has 4 aliphatic rings. The lowest BCUT2D eigenvalue weighted by molar-refractivity contribution is -0.145. The Morgan fingerprint density at radius 3 is 2.71 bits per heavy atom. The topological polar surface area (TPSA) is 62.6 Å². The van der Waals surface area contributed by atoms with Gasteiger partial charge in [-0.05, 0) is 18.8 Å². The van der Waals surface area contributed by atoms with Gasteiger partial charge in [-0.2, -0.15) is 5.26 Å². The molecule has 1 saturated carbocycles. The number of thioether (sulfide) groups is 1. The highest BCUT2D eigenvalue weighted by Gasteiger charge is 2.43. The van der Waals surface area contributed by atoms with Crippen molar-refractivity contribution in [3.8, 4) is 6.19 Å². The molecule has 3 saturated heterocycles. The van der Waals surface area contributed by atoms with Crippen LogP contribution in [-0.2, 0) is 4.79 Å². The molecule has 2 unspecified atom stereocenters. The Bertz CT molecular complexity index is 518. The van der Waals surface area contributed by atoms with Crippen LogP contribution in [0.5, 0.6) is 0 Å². The van der Waals surface area contributed by atoms with Crippen molar-refractivity contribution in [1.29, 1.82) is 5.26 Å². The van der Waals surface area contributed by atoms with Crippen molar-refractivity contribution in [2.45, 2.75) is 48.9 Å². The van der Waals surface area contributed by atoms with Crippen LogP contribution >= 0.6 is 11.8 Å². The second kappa shape index (κ2) is 7.11. The Labute approximate surface area is 148 Å². The summed E-state index contributed by atoms with van der Waals surface area (Å²) in [6, 6.07) is -0.136. The Hall–Kier alpha value is -0.970. The van der Waals surface area contributed by atoms with E-state index in [2.05, 4.69) is 16.4 Å². The first-order valence-electron chi connectivity index (χ1n) is 9.34. The summed E-state index contributed by atoms with van der Waals surface area (Å²) in [6.45, 7) is 4.90. The molecule has 1 aliphatic carbocycles. The maximum atomic E-state index is 13.0. The third kappa shape index (κ3) is 3.12. The molecule has 3 heterocycles. The number of hydrogen-bond acceptors (Lipinski definition) is 6. The van der Waals surface area contributed by atoms with Gasteiger partial charge in [-0.1, -0.05) is 19.3 Å². The van der Waals surface area contributed by atoms with Crippen molar-refractivity contribution in [3.05, 3.63) is 0 Å². The summed E-state index contributed by atoms with van der Waals surface area (Å²) in [5, 5.41) is 13.4. The van der Waals surface area contributed by atoms with E-state index in [-0.39, 0.29) is 17.4 Å². The van der Waals surface area contributed by atoms with E-state index in [9.17, 15) is 4.79 Å². The van der Waals surface area contributed by atoms with Crippen molar-refractivity contribution in [2.75, 3.05) is 39.3 Å².